The number of benzene rings is 1. The maximum absolute atomic E-state index is 12.8. The van der Waals surface area contributed by atoms with Crippen molar-refractivity contribution >= 4 is 33.3 Å². The first-order valence-corrected chi connectivity index (χ1v) is 12.0. The highest BCUT2D eigenvalue weighted by atomic mass is 32.2. The van der Waals surface area contributed by atoms with Crippen LogP contribution in [0.2, 0.25) is 0 Å². The molecule has 1 saturated heterocycles. The predicted octanol–water partition coefficient (Wildman–Crippen LogP) is 3.39. The zero-order valence-electron chi connectivity index (χ0n) is 16.4. The topological polar surface area (TPSA) is 105 Å². The summed E-state index contributed by atoms with van der Waals surface area (Å²) < 4.78 is 32.6. The van der Waals surface area contributed by atoms with Crippen molar-refractivity contribution in [1.29, 1.82) is 0 Å². The molecule has 1 fully saturated rings. The van der Waals surface area contributed by atoms with Crippen molar-refractivity contribution < 1.29 is 17.6 Å². The molecule has 0 unspecified atom stereocenters. The summed E-state index contributed by atoms with van der Waals surface area (Å²) in [6, 6.07) is 9.80. The quantitative estimate of drug-likeness (QED) is 0.622. The van der Waals surface area contributed by atoms with Gasteiger partial charge in [0.25, 0.3) is 5.91 Å². The first-order valence-electron chi connectivity index (χ1n) is 9.68. The average molecular weight is 447 g/mol. The SMILES string of the molecule is C[C@H]1CCCN(S(=O)(=O)c2ccc(C(=O)Nc3nnc(Cc4cccs4)o3)cc2)C1. The standard InChI is InChI=1S/C20H22N4O4S2/c1-14-4-2-10-24(13-14)30(26,27)17-8-6-15(7-9-17)19(25)21-20-23-22-18(28-20)12-16-5-3-11-29-16/h3,5-9,11,14H,2,4,10,12-13H2,1H3,(H,21,23,25)/t14-/m0/s1. The zero-order chi connectivity index (χ0) is 21.1. The average Bonchev–Trinajstić information content (AvgIpc) is 3.40. The van der Waals surface area contributed by atoms with Crippen molar-refractivity contribution in [2.75, 3.05) is 18.4 Å². The van der Waals surface area contributed by atoms with E-state index in [0.29, 0.717) is 36.9 Å². The van der Waals surface area contributed by atoms with Crippen LogP contribution in [-0.2, 0) is 16.4 Å². The fraction of sp³-hybridized carbons (Fsp3) is 0.350. The second kappa shape index (κ2) is 8.66. The number of piperidine rings is 1. The minimum Gasteiger partial charge on any atom is -0.407 e. The summed E-state index contributed by atoms with van der Waals surface area (Å²) in [5.74, 6) is 0.305. The summed E-state index contributed by atoms with van der Waals surface area (Å²) in [6.07, 6.45) is 2.40. The van der Waals surface area contributed by atoms with Crippen molar-refractivity contribution in [2.45, 2.75) is 31.1 Å². The molecule has 158 valence electrons. The molecule has 0 saturated carbocycles. The van der Waals surface area contributed by atoms with Crippen LogP contribution in [0, 0.1) is 5.92 Å². The third-order valence-electron chi connectivity index (χ3n) is 4.97. The third-order valence-corrected chi connectivity index (χ3v) is 7.72. The van der Waals surface area contributed by atoms with Gasteiger partial charge in [-0.1, -0.05) is 18.1 Å². The number of thiophene rings is 1. The Morgan fingerprint density at radius 2 is 2.07 bits per heavy atom. The Balaban J connectivity index is 1.41. The molecule has 1 aliphatic heterocycles. The molecule has 10 heteroatoms. The number of aromatic nitrogens is 2. The number of carbonyl (C=O) groups is 1. The van der Waals surface area contributed by atoms with Crippen LogP contribution in [0.15, 0.2) is 51.1 Å². The number of amides is 1. The molecule has 0 radical (unpaired) electrons. The van der Waals surface area contributed by atoms with E-state index in [2.05, 4.69) is 22.4 Å². The normalized spacial score (nSPS) is 17.7. The zero-order valence-corrected chi connectivity index (χ0v) is 18.1. The molecule has 1 N–H and O–H groups in total. The highest BCUT2D eigenvalue weighted by Gasteiger charge is 2.28. The van der Waals surface area contributed by atoms with E-state index < -0.39 is 15.9 Å². The number of nitrogens with zero attached hydrogens (tertiary/aromatic N) is 3. The Bertz CT molecular complexity index is 1110. The van der Waals surface area contributed by atoms with Gasteiger partial charge in [-0.2, -0.15) is 4.31 Å². The highest BCUT2D eigenvalue weighted by molar-refractivity contribution is 7.89. The van der Waals surface area contributed by atoms with Gasteiger partial charge in [0.05, 0.1) is 11.3 Å². The van der Waals surface area contributed by atoms with Gasteiger partial charge in [-0.05, 0) is 54.5 Å². The molecular formula is C20H22N4O4S2. The Kier molecular flexibility index (Phi) is 5.98. The fourth-order valence-electron chi connectivity index (χ4n) is 3.40. The molecule has 0 spiro atoms. The molecule has 1 amide bonds. The van der Waals surface area contributed by atoms with Gasteiger partial charge in [-0.25, -0.2) is 8.42 Å². The number of carbonyl (C=O) groups excluding carboxylic acids is 1. The molecule has 1 atom stereocenters. The molecule has 30 heavy (non-hydrogen) atoms. The van der Waals surface area contributed by atoms with E-state index in [4.69, 9.17) is 4.42 Å². The van der Waals surface area contributed by atoms with Crippen molar-refractivity contribution in [3.63, 3.8) is 0 Å². The second-order valence-electron chi connectivity index (χ2n) is 7.35. The molecule has 2 aromatic heterocycles. The van der Waals surface area contributed by atoms with E-state index in [1.165, 1.54) is 28.6 Å². The van der Waals surface area contributed by atoms with Crippen LogP contribution in [0.4, 0.5) is 6.01 Å². The molecule has 1 aromatic carbocycles. The molecule has 3 aromatic rings. The summed E-state index contributed by atoms with van der Waals surface area (Å²) in [4.78, 5) is 13.7. The Labute approximate surface area is 179 Å². The van der Waals surface area contributed by atoms with Gasteiger partial charge in [0.1, 0.15) is 0 Å². The van der Waals surface area contributed by atoms with Gasteiger partial charge in [-0.15, -0.1) is 16.4 Å². The highest BCUT2D eigenvalue weighted by Crippen LogP contribution is 2.24. The molecule has 8 nitrogen and oxygen atoms in total. The smallest absolute Gasteiger partial charge is 0.322 e. The van der Waals surface area contributed by atoms with E-state index in [1.807, 2.05) is 17.5 Å². The predicted molar refractivity (Wildman–Crippen MR) is 113 cm³/mol. The van der Waals surface area contributed by atoms with Crippen molar-refractivity contribution in [1.82, 2.24) is 14.5 Å². The largest absolute Gasteiger partial charge is 0.407 e. The first kappa shape index (κ1) is 20.7. The molecule has 4 rings (SSSR count). The number of rotatable bonds is 6. The number of sulfonamides is 1. The monoisotopic (exact) mass is 446 g/mol. The van der Waals surface area contributed by atoms with Gasteiger partial charge in [0.2, 0.25) is 15.9 Å². The van der Waals surface area contributed by atoms with Gasteiger partial charge < -0.3 is 4.42 Å². The second-order valence-corrected chi connectivity index (χ2v) is 10.3. The molecule has 3 heterocycles. The summed E-state index contributed by atoms with van der Waals surface area (Å²) >= 11 is 1.58. The van der Waals surface area contributed by atoms with Crippen LogP contribution < -0.4 is 5.32 Å². The number of hydrogen-bond acceptors (Lipinski definition) is 7. The van der Waals surface area contributed by atoms with Crippen molar-refractivity contribution in [3.8, 4) is 0 Å². The Morgan fingerprint density at radius 1 is 1.27 bits per heavy atom. The molecule has 0 bridgehead atoms. The number of hydrogen-bond donors (Lipinski definition) is 1. The molecular weight excluding hydrogens is 424 g/mol. The van der Waals surface area contributed by atoms with Crippen LogP contribution in [-0.4, -0.2) is 41.9 Å². The van der Waals surface area contributed by atoms with Gasteiger partial charge in [0.15, 0.2) is 0 Å². The minimum atomic E-state index is -3.56. The van der Waals surface area contributed by atoms with Gasteiger partial charge >= 0.3 is 6.01 Å². The van der Waals surface area contributed by atoms with Gasteiger partial charge in [-0.3, -0.25) is 10.1 Å². The molecule has 1 aliphatic rings. The molecule has 0 aliphatic carbocycles. The lowest BCUT2D eigenvalue weighted by molar-refractivity contribution is 0.102. The third kappa shape index (κ3) is 4.61. The van der Waals surface area contributed by atoms with Gasteiger partial charge in [0, 0.05) is 23.5 Å². The number of nitrogens with one attached hydrogen (secondary N) is 1. The van der Waals surface area contributed by atoms with Crippen LogP contribution in [0.5, 0.6) is 0 Å². The van der Waals surface area contributed by atoms with E-state index in [9.17, 15) is 13.2 Å². The lowest BCUT2D eigenvalue weighted by atomic mass is 10.0. The lowest BCUT2D eigenvalue weighted by Gasteiger charge is -2.30. The first-order chi connectivity index (χ1) is 14.4. The minimum absolute atomic E-state index is 0.00515. The van der Waals surface area contributed by atoms with Crippen LogP contribution >= 0.6 is 11.3 Å². The van der Waals surface area contributed by atoms with E-state index in [0.717, 1.165) is 17.7 Å². The lowest BCUT2D eigenvalue weighted by Crippen LogP contribution is -2.39. The summed E-state index contributed by atoms with van der Waals surface area (Å²) in [6.45, 7) is 3.11. The number of anilines is 1. The summed E-state index contributed by atoms with van der Waals surface area (Å²) in [7, 11) is -3.56. The summed E-state index contributed by atoms with van der Waals surface area (Å²) in [5.41, 5.74) is 0.305. The van der Waals surface area contributed by atoms with Crippen LogP contribution in [0.1, 0.15) is 40.9 Å². The van der Waals surface area contributed by atoms with Crippen molar-refractivity contribution in [3.05, 3.63) is 58.1 Å². The van der Waals surface area contributed by atoms with E-state index >= 15 is 0 Å². The van der Waals surface area contributed by atoms with Crippen molar-refractivity contribution in [2.24, 2.45) is 5.92 Å². The fourth-order valence-corrected chi connectivity index (χ4v) is 5.69. The summed E-state index contributed by atoms with van der Waals surface area (Å²) in [5, 5.41) is 12.3. The Morgan fingerprint density at radius 3 is 2.77 bits per heavy atom. The van der Waals surface area contributed by atoms with E-state index in [1.54, 1.807) is 11.3 Å². The van der Waals surface area contributed by atoms with E-state index in [-0.39, 0.29) is 10.9 Å². The maximum Gasteiger partial charge on any atom is 0.322 e. The van der Waals surface area contributed by atoms with Crippen LogP contribution in [0.25, 0.3) is 0 Å². The van der Waals surface area contributed by atoms with Crippen LogP contribution in [0.3, 0.4) is 0 Å². The maximum atomic E-state index is 12.8. The Hall–Kier alpha value is -2.56.